The molecule has 30 heavy (non-hydrogen) atoms. The van der Waals surface area contributed by atoms with Crippen molar-refractivity contribution in [1.82, 2.24) is 0 Å². The number of ether oxygens (including phenoxy) is 2. The maximum Gasteiger partial charge on any atom is 0.309 e. The largest absolute Gasteiger partial charge is 0.459 e. The maximum absolute atomic E-state index is 12.7. The van der Waals surface area contributed by atoms with Gasteiger partial charge in [-0.1, -0.05) is 39.8 Å². The van der Waals surface area contributed by atoms with Crippen molar-refractivity contribution in [3.63, 3.8) is 0 Å². The van der Waals surface area contributed by atoms with Crippen LogP contribution >= 0.6 is 0 Å². The molecule has 8 atom stereocenters. The Balaban J connectivity index is 3.43. The van der Waals surface area contributed by atoms with Crippen molar-refractivity contribution in [2.45, 2.75) is 97.6 Å². The first-order valence-corrected chi connectivity index (χ1v) is 11.1. The molecule has 2 N–H and O–H groups in total. The monoisotopic (exact) mass is 429 g/mol. The van der Waals surface area contributed by atoms with Gasteiger partial charge in [0, 0.05) is 18.9 Å². The van der Waals surface area contributed by atoms with E-state index in [0.29, 0.717) is 25.0 Å². The van der Waals surface area contributed by atoms with Gasteiger partial charge in [-0.15, -0.1) is 0 Å². The average Bonchev–Trinajstić information content (AvgIpc) is 2.67. The molecule has 0 radical (unpaired) electrons. The molecule has 1 saturated heterocycles. The molecule has 0 aliphatic carbocycles. The zero-order valence-electron chi connectivity index (χ0n) is 20.3. The van der Waals surface area contributed by atoms with Gasteiger partial charge < -0.3 is 24.5 Å². The number of aliphatic hydroxyl groups is 2. The van der Waals surface area contributed by atoms with Crippen LogP contribution < -0.4 is 0 Å². The minimum Gasteiger partial charge on any atom is -0.459 e. The first-order chi connectivity index (χ1) is 13.8. The highest BCUT2D eigenvalue weighted by atomic mass is 16.6. The van der Waals surface area contributed by atoms with E-state index in [1.807, 2.05) is 27.7 Å². The van der Waals surface area contributed by atoms with Crippen LogP contribution in [0.1, 0.15) is 74.1 Å². The number of rotatable bonds is 3. The van der Waals surface area contributed by atoms with E-state index >= 15 is 0 Å². The summed E-state index contributed by atoms with van der Waals surface area (Å²) < 4.78 is 11.6. The Hall–Kier alpha value is -1.18. The lowest BCUT2D eigenvalue weighted by molar-refractivity contribution is -0.186. The number of methoxy groups -OCH3 is 1. The number of cyclic esters (lactones) is 1. The average molecular weight is 430 g/mol. The first-order valence-electron chi connectivity index (χ1n) is 11.1. The maximum atomic E-state index is 12.7. The molecule has 1 rings (SSSR count). The van der Waals surface area contributed by atoms with Gasteiger partial charge in [-0.3, -0.25) is 4.79 Å². The molecule has 0 saturated carbocycles. The number of esters is 1. The second-order valence-corrected chi connectivity index (χ2v) is 9.70. The van der Waals surface area contributed by atoms with E-state index in [-0.39, 0.29) is 23.7 Å². The minimum atomic E-state index is -1.64. The SMILES string of the molecule is CC[C@H]1OC(=O)[C@H](C)C[C@H](C)C[C@](C)(OC)C[C@@H](C)/C(=N/OC)[C@H](C)[C@@H](O)[C@]1(C)O. The van der Waals surface area contributed by atoms with Crippen LogP contribution in [0.2, 0.25) is 0 Å². The summed E-state index contributed by atoms with van der Waals surface area (Å²) in [7, 11) is 3.17. The van der Waals surface area contributed by atoms with Crippen LogP contribution in [0.3, 0.4) is 0 Å². The number of hydrogen-bond acceptors (Lipinski definition) is 7. The summed E-state index contributed by atoms with van der Waals surface area (Å²) >= 11 is 0. The molecule has 0 aromatic rings. The molecule has 7 nitrogen and oxygen atoms in total. The van der Waals surface area contributed by atoms with Gasteiger partial charge in [-0.2, -0.15) is 0 Å². The van der Waals surface area contributed by atoms with Gasteiger partial charge in [0.1, 0.15) is 18.8 Å². The number of hydrogen-bond donors (Lipinski definition) is 2. The van der Waals surface area contributed by atoms with Crippen LogP contribution in [-0.4, -0.2) is 59.5 Å². The standard InChI is InChI=1S/C23H43NO6/c1-10-18-23(7,27)20(25)17(5)19(24-29-9)16(4)13-22(6,28-8)12-14(2)11-15(3)21(26)30-18/h14-18,20,25,27H,10-13H2,1-9H3/b24-19-/t14-,15+,16+,17-,18+,20+,22-,23+/m0/s1. The number of carbonyl (C=O) groups excluding carboxylic acids is 1. The quantitative estimate of drug-likeness (QED) is 0.526. The van der Waals surface area contributed by atoms with E-state index in [0.717, 1.165) is 6.42 Å². The van der Waals surface area contributed by atoms with E-state index in [4.69, 9.17) is 14.3 Å². The lowest BCUT2D eigenvalue weighted by Crippen LogP contribution is -2.56. The minimum absolute atomic E-state index is 0.0504. The molecule has 1 heterocycles. The predicted molar refractivity (Wildman–Crippen MR) is 117 cm³/mol. The molecular formula is C23H43NO6. The highest BCUT2D eigenvalue weighted by Crippen LogP contribution is 2.35. The van der Waals surface area contributed by atoms with Gasteiger partial charge in [0.2, 0.25) is 0 Å². The van der Waals surface area contributed by atoms with Gasteiger partial charge in [0.25, 0.3) is 0 Å². The zero-order valence-corrected chi connectivity index (χ0v) is 20.3. The zero-order chi connectivity index (χ0) is 23.3. The summed E-state index contributed by atoms with van der Waals surface area (Å²) in [5.41, 5.74) is -1.43. The topological polar surface area (TPSA) is 97.6 Å². The molecule has 0 bridgehead atoms. The van der Waals surface area contributed by atoms with Crippen LogP contribution in [0.25, 0.3) is 0 Å². The number of nitrogens with zero attached hydrogens (tertiary/aromatic N) is 1. The highest BCUT2D eigenvalue weighted by Gasteiger charge is 2.46. The van der Waals surface area contributed by atoms with Gasteiger partial charge >= 0.3 is 5.97 Å². The molecule has 0 unspecified atom stereocenters. The van der Waals surface area contributed by atoms with Crippen LogP contribution in [-0.2, 0) is 19.1 Å². The fourth-order valence-electron chi connectivity index (χ4n) is 4.98. The van der Waals surface area contributed by atoms with Crippen molar-refractivity contribution in [2.75, 3.05) is 14.2 Å². The Morgan fingerprint density at radius 2 is 1.73 bits per heavy atom. The van der Waals surface area contributed by atoms with E-state index in [1.165, 1.54) is 14.0 Å². The summed E-state index contributed by atoms with van der Waals surface area (Å²) in [4.78, 5) is 17.8. The normalized spacial score (nSPS) is 43.7. The van der Waals surface area contributed by atoms with Gasteiger partial charge in [-0.25, -0.2) is 0 Å². The first kappa shape index (κ1) is 26.9. The molecule has 1 fully saturated rings. The number of carbonyl (C=O) groups is 1. The number of oxime groups is 1. The summed E-state index contributed by atoms with van der Waals surface area (Å²) in [6.07, 6.45) is 0.466. The fraction of sp³-hybridized carbons (Fsp3) is 0.913. The Morgan fingerprint density at radius 3 is 2.23 bits per heavy atom. The third-order valence-electron chi connectivity index (χ3n) is 6.69. The van der Waals surface area contributed by atoms with Gasteiger partial charge in [0.05, 0.1) is 23.3 Å². The van der Waals surface area contributed by atoms with Crippen molar-refractivity contribution in [1.29, 1.82) is 0 Å². The van der Waals surface area contributed by atoms with Crippen molar-refractivity contribution < 1.29 is 29.3 Å². The molecule has 0 spiro atoms. The smallest absolute Gasteiger partial charge is 0.309 e. The predicted octanol–water partition coefficient (Wildman–Crippen LogP) is 3.56. The van der Waals surface area contributed by atoms with E-state index in [9.17, 15) is 15.0 Å². The molecule has 7 heteroatoms. The molecule has 1 aliphatic heterocycles. The van der Waals surface area contributed by atoms with Crippen molar-refractivity contribution in [3.05, 3.63) is 0 Å². The summed E-state index contributed by atoms with van der Waals surface area (Å²) in [6, 6.07) is 0. The number of aliphatic hydroxyl groups excluding tert-OH is 1. The third-order valence-corrected chi connectivity index (χ3v) is 6.69. The van der Waals surface area contributed by atoms with Crippen LogP contribution in [0.5, 0.6) is 0 Å². The Morgan fingerprint density at radius 1 is 1.13 bits per heavy atom. The lowest BCUT2D eigenvalue weighted by Gasteiger charge is -2.41. The molecule has 1 aliphatic rings. The Labute approximate surface area is 182 Å². The second-order valence-electron chi connectivity index (χ2n) is 9.70. The second kappa shape index (κ2) is 10.9. The summed E-state index contributed by atoms with van der Waals surface area (Å²) in [5, 5.41) is 26.5. The van der Waals surface area contributed by atoms with Crippen molar-refractivity contribution in [2.24, 2.45) is 28.8 Å². The van der Waals surface area contributed by atoms with Crippen LogP contribution in [0.4, 0.5) is 0 Å². The van der Waals surface area contributed by atoms with Crippen molar-refractivity contribution >= 4 is 11.7 Å². The molecule has 176 valence electrons. The van der Waals surface area contributed by atoms with E-state index in [1.54, 1.807) is 7.11 Å². The third kappa shape index (κ3) is 6.41. The lowest BCUT2D eigenvalue weighted by atomic mass is 9.75. The molecule has 0 aromatic heterocycles. The van der Waals surface area contributed by atoms with Gasteiger partial charge in [0.15, 0.2) is 0 Å². The molecule has 0 amide bonds. The van der Waals surface area contributed by atoms with Crippen LogP contribution in [0, 0.1) is 23.7 Å². The van der Waals surface area contributed by atoms with E-state index in [2.05, 4.69) is 19.0 Å². The summed E-state index contributed by atoms with van der Waals surface area (Å²) in [5.74, 6) is -0.998. The Bertz CT molecular complexity index is 592. The Kier molecular flexibility index (Phi) is 9.77. The van der Waals surface area contributed by atoms with Crippen molar-refractivity contribution in [3.8, 4) is 0 Å². The highest BCUT2D eigenvalue weighted by molar-refractivity contribution is 5.88. The molecule has 0 aromatic carbocycles. The molecular weight excluding hydrogens is 386 g/mol. The van der Waals surface area contributed by atoms with Crippen LogP contribution in [0.15, 0.2) is 5.16 Å². The fourth-order valence-corrected chi connectivity index (χ4v) is 4.98. The van der Waals surface area contributed by atoms with Gasteiger partial charge in [-0.05, 0) is 45.4 Å². The van der Waals surface area contributed by atoms with E-state index < -0.39 is 29.3 Å². The summed E-state index contributed by atoms with van der Waals surface area (Å²) in [6.45, 7) is 13.2.